The van der Waals surface area contributed by atoms with Crippen molar-refractivity contribution in [3.8, 4) is 5.75 Å². The van der Waals surface area contributed by atoms with Crippen molar-refractivity contribution in [1.82, 2.24) is 0 Å². The van der Waals surface area contributed by atoms with Crippen molar-refractivity contribution in [2.24, 2.45) is 0 Å². The Kier molecular flexibility index (Phi) is 4.15. The predicted molar refractivity (Wildman–Crippen MR) is 50.7 cm³/mol. The first-order valence-electron chi connectivity index (χ1n) is 3.81. The molecular weight excluding hydrogens is 242 g/mol. The highest BCUT2D eigenvalue weighted by Crippen LogP contribution is 2.28. The molecule has 0 heterocycles. The predicted octanol–water partition coefficient (Wildman–Crippen LogP) is 3.40. The number of para-hydroxylation sites is 1. The maximum absolute atomic E-state index is 12.4. The minimum atomic E-state index is -2.48. The summed E-state index contributed by atoms with van der Waals surface area (Å²) in [4.78, 5) is 0. The van der Waals surface area contributed by atoms with Crippen molar-refractivity contribution in [1.29, 1.82) is 0 Å². The molecule has 0 N–H and O–H groups in total. The summed E-state index contributed by atoms with van der Waals surface area (Å²) < 4.78 is 29.8. The van der Waals surface area contributed by atoms with Crippen molar-refractivity contribution in [3.05, 3.63) is 29.8 Å². The Balaban J connectivity index is 2.78. The van der Waals surface area contributed by atoms with Gasteiger partial charge in [-0.3, -0.25) is 0 Å². The molecule has 0 aliphatic heterocycles. The Morgan fingerprint density at radius 1 is 1.31 bits per heavy atom. The molecule has 13 heavy (non-hydrogen) atoms. The van der Waals surface area contributed by atoms with Gasteiger partial charge in [-0.2, -0.15) is 0 Å². The Bertz CT molecular complexity index is 266. The Morgan fingerprint density at radius 3 is 2.62 bits per heavy atom. The first-order valence-corrected chi connectivity index (χ1v) is 4.93. The van der Waals surface area contributed by atoms with E-state index in [1.54, 1.807) is 18.2 Å². The quantitative estimate of drug-likeness (QED) is 0.745. The third-order valence-electron chi connectivity index (χ3n) is 1.49. The van der Waals surface area contributed by atoms with E-state index >= 15 is 0 Å². The first kappa shape index (κ1) is 10.4. The first-order chi connectivity index (χ1) is 6.25. The molecule has 0 radical (unpaired) electrons. The lowest BCUT2D eigenvalue weighted by Gasteiger charge is -2.08. The van der Waals surface area contributed by atoms with Gasteiger partial charge in [-0.15, -0.1) is 0 Å². The van der Waals surface area contributed by atoms with Crippen LogP contribution in [0.1, 0.15) is 12.0 Å². The molecular formula is C9H9BrF2O. The van der Waals surface area contributed by atoms with E-state index in [1.807, 2.05) is 0 Å². The molecule has 0 atom stereocenters. The van der Waals surface area contributed by atoms with E-state index < -0.39 is 6.43 Å². The number of rotatable bonds is 4. The fourth-order valence-electron chi connectivity index (χ4n) is 0.941. The summed E-state index contributed by atoms with van der Waals surface area (Å²) in [7, 11) is 0. The number of benzene rings is 1. The molecule has 0 bridgehead atoms. The average molecular weight is 251 g/mol. The topological polar surface area (TPSA) is 9.23 Å². The summed E-state index contributed by atoms with van der Waals surface area (Å²) in [6, 6.07) is 6.16. The van der Waals surface area contributed by atoms with Crippen LogP contribution in [0.15, 0.2) is 24.3 Å². The summed E-state index contributed by atoms with van der Waals surface area (Å²) in [6.45, 7) is 0.393. The highest BCUT2D eigenvalue weighted by atomic mass is 79.9. The van der Waals surface area contributed by atoms with E-state index in [0.29, 0.717) is 11.9 Å². The minimum Gasteiger partial charge on any atom is -0.492 e. The Morgan fingerprint density at radius 2 is 2.00 bits per heavy atom. The van der Waals surface area contributed by atoms with Crippen molar-refractivity contribution < 1.29 is 13.5 Å². The second kappa shape index (κ2) is 5.17. The summed E-state index contributed by atoms with van der Waals surface area (Å²) >= 11 is 3.16. The number of alkyl halides is 3. The van der Waals surface area contributed by atoms with Gasteiger partial charge >= 0.3 is 0 Å². The van der Waals surface area contributed by atoms with Gasteiger partial charge in [-0.25, -0.2) is 8.78 Å². The zero-order valence-corrected chi connectivity index (χ0v) is 8.43. The van der Waals surface area contributed by atoms with Crippen LogP contribution < -0.4 is 4.74 Å². The van der Waals surface area contributed by atoms with Crippen LogP contribution in [0.2, 0.25) is 0 Å². The van der Waals surface area contributed by atoms with Crippen molar-refractivity contribution in [2.45, 2.75) is 6.43 Å². The molecule has 4 heteroatoms. The number of ether oxygens (including phenoxy) is 1. The molecule has 0 saturated carbocycles. The molecule has 0 aromatic heterocycles. The van der Waals surface area contributed by atoms with Crippen molar-refractivity contribution in [3.63, 3.8) is 0 Å². The molecule has 0 amide bonds. The zero-order chi connectivity index (χ0) is 9.68. The van der Waals surface area contributed by atoms with Gasteiger partial charge in [0.2, 0.25) is 0 Å². The highest BCUT2D eigenvalue weighted by molar-refractivity contribution is 9.09. The fraction of sp³-hybridized carbons (Fsp3) is 0.333. The lowest BCUT2D eigenvalue weighted by Crippen LogP contribution is -2.00. The SMILES string of the molecule is FC(F)c1ccccc1OCCBr. The summed E-state index contributed by atoms with van der Waals surface area (Å²) in [6.07, 6.45) is -2.48. The van der Waals surface area contributed by atoms with Gasteiger partial charge in [0.1, 0.15) is 5.75 Å². The molecule has 0 aliphatic rings. The van der Waals surface area contributed by atoms with Gasteiger partial charge in [0.25, 0.3) is 6.43 Å². The summed E-state index contributed by atoms with van der Waals surface area (Å²) in [5.74, 6) is 0.261. The molecule has 0 saturated heterocycles. The normalized spacial score (nSPS) is 10.5. The van der Waals surface area contributed by atoms with E-state index in [0.717, 1.165) is 0 Å². The van der Waals surface area contributed by atoms with Crippen LogP contribution in [0, 0.1) is 0 Å². The highest BCUT2D eigenvalue weighted by Gasteiger charge is 2.12. The van der Waals surface area contributed by atoms with Crippen LogP contribution in [0.5, 0.6) is 5.75 Å². The Labute approximate surface area is 83.8 Å². The molecule has 0 spiro atoms. The zero-order valence-electron chi connectivity index (χ0n) is 6.84. The number of hydrogen-bond acceptors (Lipinski definition) is 1. The molecule has 1 nitrogen and oxygen atoms in total. The van der Waals surface area contributed by atoms with E-state index in [1.165, 1.54) is 6.07 Å². The molecule has 1 aromatic rings. The fourth-order valence-corrected chi connectivity index (χ4v) is 1.10. The molecule has 72 valence electrons. The van der Waals surface area contributed by atoms with Crippen LogP contribution in [0.25, 0.3) is 0 Å². The van der Waals surface area contributed by atoms with Crippen LogP contribution in [-0.2, 0) is 0 Å². The van der Waals surface area contributed by atoms with Gasteiger partial charge < -0.3 is 4.74 Å². The summed E-state index contributed by atoms with van der Waals surface area (Å²) in [5.41, 5.74) is -0.0524. The van der Waals surface area contributed by atoms with Gasteiger partial charge in [0.05, 0.1) is 12.2 Å². The Hall–Kier alpha value is -0.640. The van der Waals surface area contributed by atoms with E-state index in [4.69, 9.17) is 4.74 Å². The van der Waals surface area contributed by atoms with E-state index in [9.17, 15) is 8.78 Å². The van der Waals surface area contributed by atoms with Gasteiger partial charge in [0, 0.05) is 5.33 Å². The smallest absolute Gasteiger partial charge is 0.267 e. The number of halogens is 3. The molecule has 1 rings (SSSR count). The third-order valence-corrected chi connectivity index (χ3v) is 1.81. The van der Waals surface area contributed by atoms with Crippen LogP contribution in [-0.4, -0.2) is 11.9 Å². The second-order valence-corrected chi connectivity index (χ2v) is 3.17. The van der Waals surface area contributed by atoms with Crippen molar-refractivity contribution in [2.75, 3.05) is 11.9 Å². The molecule has 0 aliphatic carbocycles. The monoisotopic (exact) mass is 250 g/mol. The van der Waals surface area contributed by atoms with E-state index in [-0.39, 0.29) is 11.3 Å². The maximum Gasteiger partial charge on any atom is 0.267 e. The van der Waals surface area contributed by atoms with Crippen LogP contribution >= 0.6 is 15.9 Å². The summed E-state index contributed by atoms with van der Waals surface area (Å²) in [5, 5.41) is 0.630. The maximum atomic E-state index is 12.4. The minimum absolute atomic E-state index is 0.0524. The standard InChI is InChI=1S/C9H9BrF2O/c10-5-6-13-8-4-2-1-3-7(8)9(11)12/h1-4,9H,5-6H2. The lowest BCUT2D eigenvalue weighted by atomic mass is 10.2. The second-order valence-electron chi connectivity index (χ2n) is 2.38. The molecule has 1 aromatic carbocycles. The lowest BCUT2D eigenvalue weighted by molar-refractivity contribution is 0.146. The number of hydrogen-bond donors (Lipinski definition) is 0. The largest absolute Gasteiger partial charge is 0.492 e. The van der Waals surface area contributed by atoms with E-state index in [2.05, 4.69) is 15.9 Å². The van der Waals surface area contributed by atoms with Gasteiger partial charge in [-0.1, -0.05) is 28.1 Å². The third kappa shape index (κ3) is 2.95. The molecule has 0 fully saturated rings. The average Bonchev–Trinajstić information content (AvgIpc) is 2.15. The molecule has 0 unspecified atom stereocenters. The van der Waals surface area contributed by atoms with Gasteiger partial charge in [-0.05, 0) is 12.1 Å². The van der Waals surface area contributed by atoms with Gasteiger partial charge in [0.15, 0.2) is 0 Å². The van der Waals surface area contributed by atoms with Crippen LogP contribution in [0.4, 0.5) is 8.78 Å². The van der Waals surface area contributed by atoms with Crippen LogP contribution in [0.3, 0.4) is 0 Å². The van der Waals surface area contributed by atoms with Crippen molar-refractivity contribution >= 4 is 15.9 Å².